The summed E-state index contributed by atoms with van der Waals surface area (Å²) in [7, 11) is -3.94. The van der Waals surface area contributed by atoms with Crippen molar-refractivity contribution < 1.29 is 13.2 Å². The van der Waals surface area contributed by atoms with Crippen LogP contribution in [-0.4, -0.2) is 33.3 Å². The van der Waals surface area contributed by atoms with Gasteiger partial charge in [-0.1, -0.05) is 66.6 Å². The van der Waals surface area contributed by atoms with Gasteiger partial charge < -0.3 is 5.32 Å². The number of benzene rings is 3. The minimum atomic E-state index is -3.94. The monoisotopic (exact) mass is 463 g/mol. The van der Waals surface area contributed by atoms with Gasteiger partial charge in [-0.05, 0) is 48.2 Å². The second kappa shape index (κ2) is 10.2. The lowest BCUT2D eigenvalue weighted by molar-refractivity contribution is -0.121. The minimum absolute atomic E-state index is 0.0871. The molecule has 1 atom stereocenters. The highest BCUT2D eigenvalue weighted by molar-refractivity contribution is 7.90. The van der Waals surface area contributed by atoms with Crippen LogP contribution in [0.5, 0.6) is 0 Å². The van der Waals surface area contributed by atoms with Crippen molar-refractivity contribution in [3.63, 3.8) is 0 Å². The third kappa shape index (κ3) is 5.79. The molecule has 0 spiro atoms. The molecule has 0 radical (unpaired) electrons. The molecule has 0 saturated heterocycles. The van der Waals surface area contributed by atoms with Crippen LogP contribution in [0.2, 0.25) is 0 Å². The molecule has 0 fully saturated rings. The van der Waals surface area contributed by atoms with Gasteiger partial charge in [-0.2, -0.15) is 0 Å². The van der Waals surface area contributed by atoms with Crippen LogP contribution in [0.3, 0.4) is 0 Å². The third-order valence-corrected chi connectivity index (χ3v) is 7.32. The van der Waals surface area contributed by atoms with Gasteiger partial charge in [-0.15, -0.1) is 0 Å². The van der Waals surface area contributed by atoms with Crippen molar-refractivity contribution in [2.75, 3.05) is 13.1 Å². The van der Waals surface area contributed by atoms with E-state index in [4.69, 9.17) is 0 Å². The quantitative estimate of drug-likeness (QED) is 0.463. The van der Waals surface area contributed by atoms with Crippen molar-refractivity contribution in [1.29, 1.82) is 0 Å². The van der Waals surface area contributed by atoms with E-state index in [2.05, 4.69) is 15.0 Å². The summed E-state index contributed by atoms with van der Waals surface area (Å²) in [6.45, 7) is 3.58. The number of unbranched alkanes of at least 4 members (excludes halogenated alkanes) is 1. The molecule has 1 amide bonds. The van der Waals surface area contributed by atoms with E-state index in [1.165, 1.54) is 12.1 Å². The van der Waals surface area contributed by atoms with E-state index in [1.807, 2.05) is 49.4 Å². The first kappa shape index (κ1) is 23.0. The zero-order valence-electron chi connectivity index (χ0n) is 18.8. The smallest absolute Gasteiger partial charge is 0.264 e. The summed E-state index contributed by atoms with van der Waals surface area (Å²) in [5.41, 5.74) is 1.78. The molecule has 1 aliphatic rings. The lowest BCUT2D eigenvalue weighted by Gasteiger charge is -2.18. The van der Waals surface area contributed by atoms with E-state index >= 15 is 0 Å². The van der Waals surface area contributed by atoms with Gasteiger partial charge in [0.1, 0.15) is 0 Å². The first-order valence-corrected chi connectivity index (χ1v) is 12.8. The number of carbonyl (C=O) groups is 1. The van der Waals surface area contributed by atoms with E-state index < -0.39 is 21.8 Å². The summed E-state index contributed by atoms with van der Waals surface area (Å²) in [5, 5.41) is 5.37. The van der Waals surface area contributed by atoms with E-state index in [1.54, 1.807) is 12.1 Å². The molecule has 1 heterocycles. The minimum Gasteiger partial charge on any atom is -0.372 e. The first-order valence-electron chi connectivity index (χ1n) is 11.3. The van der Waals surface area contributed by atoms with Gasteiger partial charge >= 0.3 is 0 Å². The molecule has 0 aliphatic carbocycles. The SMILES string of the molecule is Cc1ccc(S(=O)(=O)NC(=O)C(CCCCC2=NCCN2)c2ccc3ccccc3c2)cc1. The Kier molecular flexibility index (Phi) is 7.08. The molecular formula is C26H29N3O3S. The van der Waals surface area contributed by atoms with Gasteiger partial charge in [0.25, 0.3) is 10.0 Å². The second-order valence-corrected chi connectivity index (χ2v) is 10.1. The van der Waals surface area contributed by atoms with Crippen molar-refractivity contribution in [3.8, 4) is 0 Å². The van der Waals surface area contributed by atoms with E-state index in [0.29, 0.717) is 6.42 Å². The maximum Gasteiger partial charge on any atom is 0.264 e. The van der Waals surface area contributed by atoms with Gasteiger partial charge in [0.15, 0.2) is 0 Å². The highest BCUT2D eigenvalue weighted by atomic mass is 32.2. The van der Waals surface area contributed by atoms with Gasteiger partial charge in [0, 0.05) is 13.0 Å². The fourth-order valence-corrected chi connectivity index (χ4v) is 5.13. The van der Waals surface area contributed by atoms with Crippen LogP contribution < -0.4 is 10.0 Å². The lowest BCUT2D eigenvalue weighted by Crippen LogP contribution is -2.34. The number of hydrogen-bond acceptors (Lipinski definition) is 5. The highest BCUT2D eigenvalue weighted by Gasteiger charge is 2.26. The summed E-state index contributed by atoms with van der Waals surface area (Å²) in [4.78, 5) is 17.8. The fourth-order valence-electron chi connectivity index (χ4n) is 4.11. The largest absolute Gasteiger partial charge is 0.372 e. The van der Waals surface area contributed by atoms with E-state index in [9.17, 15) is 13.2 Å². The van der Waals surface area contributed by atoms with Gasteiger partial charge in [0.05, 0.1) is 23.2 Å². The van der Waals surface area contributed by atoms with Crippen LogP contribution in [0.15, 0.2) is 76.6 Å². The summed E-state index contributed by atoms with van der Waals surface area (Å²) in [5.74, 6) is -0.0425. The Morgan fingerprint density at radius 1 is 1.03 bits per heavy atom. The van der Waals surface area contributed by atoms with Crippen molar-refractivity contribution in [3.05, 3.63) is 77.9 Å². The Balaban J connectivity index is 1.53. The van der Waals surface area contributed by atoms with Gasteiger partial charge in [0.2, 0.25) is 5.91 Å². The number of carbonyl (C=O) groups excluding carboxylic acids is 1. The lowest BCUT2D eigenvalue weighted by atomic mass is 9.91. The van der Waals surface area contributed by atoms with Crippen molar-refractivity contribution >= 4 is 32.5 Å². The molecule has 172 valence electrons. The van der Waals surface area contributed by atoms with E-state index in [-0.39, 0.29) is 4.90 Å². The molecule has 1 aliphatic heterocycles. The molecule has 7 heteroatoms. The normalized spacial score (nSPS) is 14.5. The van der Waals surface area contributed by atoms with Crippen LogP contribution in [0.1, 0.15) is 42.7 Å². The molecule has 0 saturated carbocycles. The number of aliphatic imine (C=N–C) groups is 1. The topological polar surface area (TPSA) is 87.6 Å². The van der Waals surface area contributed by atoms with Crippen LogP contribution >= 0.6 is 0 Å². The third-order valence-electron chi connectivity index (χ3n) is 5.96. The van der Waals surface area contributed by atoms with Gasteiger partial charge in [-0.3, -0.25) is 9.79 Å². The maximum absolute atomic E-state index is 13.3. The zero-order valence-corrected chi connectivity index (χ0v) is 19.6. The molecule has 33 heavy (non-hydrogen) atoms. The average molecular weight is 464 g/mol. The molecule has 0 aromatic heterocycles. The number of sulfonamides is 1. The Morgan fingerprint density at radius 3 is 2.52 bits per heavy atom. The average Bonchev–Trinajstić information content (AvgIpc) is 3.32. The number of hydrogen-bond donors (Lipinski definition) is 2. The van der Waals surface area contributed by atoms with Crippen LogP contribution in [0.25, 0.3) is 10.8 Å². The summed E-state index contributed by atoms with van der Waals surface area (Å²) < 4.78 is 28.0. The number of aryl methyl sites for hydroxylation is 1. The first-order chi connectivity index (χ1) is 15.9. The predicted octanol–water partition coefficient (Wildman–Crippen LogP) is 4.30. The molecular weight excluding hydrogens is 434 g/mol. The number of amides is 1. The molecule has 3 aromatic carbocycles. The fraction of sp³-hybridized carbons (Fsp3) is 0.308. The predicted molar refractivity (Wildman–Crippen MR) is 132 cm³/mol. The van der Waals surface area contributed by atoms with Crippen molar-refractivity contribution in [1.82, 2.24) is 10.0 Å². The molecule has 0 bridgehead atoms. The molecule has 6 nitrogen and oxygen atoms in total. The molecule has 1 unspecified atom stereocenters. The number of amidine groups is 1. The van der Waals surface area contributed by atoms with Crippen LogP contribution in [-0.2, 0) is 14.8 Å². The highest BCUT2D eigenvalue weighted by Crippen LogP contribution is 2.27. The second-order valence-electron chi connectivity index (χ2n) is 8.44. The summed E-state index contributed by atoms with van der Waals surface area (Å²) in [6, 6.07) is 20.3. The number of fused-ring (bicyclic) bond motifs is 1. The number of nitrogens with zero attached hydrogens (tertiary/aromatic N) is 1. The number of nitrogens with one attached hydrogen (secondary N) is 2. The Bertz CT molecular complexity index is 1270. The van der Waals surface area contributed by atoms with Crippen molar-refractivity contribution in [2.45, 2.75) is 43.4 Å². The summed E-state index contributed by atoms with van der Waals surface area (Å²) >= 11 is 0. The zero-order chi connectivity index (χ0) is 23.3. The Labute approximate surface area is 195 Å². The maximum atomic E-state index is 13.3. The Hall–Kier alpha value is -3.19. The molecule has 4 rings (SSSR count). The summed E-state index contributed by atoms with van der Waals surface area (Å²) in [6.07, 6.45) is 3.07. The van der Waals surface area contributed by atoms with Gasteiger partial charge in [-0.25, -0.2) is 13.1 Å². The number of rotatable bonds is 9. The standard InChI is InChI=1S/C26H29N3O3S/c1-19-10-14-23(15-11-19)33(31,32)29-26(30)24(8-4-5-9-25-27-16-17-28-25)22-13-12-20-6-2-3-7-21(20)18-22/h2-3,6-7,10-15,18,24H,4-5,8-9,16-17H2,1H3,(H,27,28)(H,29,30). The molecule has 3 aromatic rings. The Morgan fingerprint density at radius 2 is 1.79 bits per heavy atom. The van der Waals surface area contributed by atoms with E-state index in [0.717, 1.165) is 60.1 Å². The van der Waals surface area contributed by atoms with Crippen LogP contribution in [0, 0.1) is 6.92 Å². The molecule has 2 N–H and O–H groups in total. The van der Waals surface area contributed by atoms with Crippen LogP contribution in [0.4, 0.5) is 0 Å². The van der Waals surface area contributed by atoms with Crippen molar-refractivity contribution in [2.24, 2.45) is 4.99 Å².